The average Bonchev–Trinajstić information content (AvgIpc) is 3.58. The number of tetrazole rings is 1. The third-order valence-corrected chi connectivity index (χ3v) is 9.00. The van der Waals surface area contributed by atoms with Crippen molar-refractivity contribution >= 4 is 64.0 Å². The molecule has 2 unspecified atom stereocenters. The molecule has 17 heteroatoms. The number of nitrogens with one attached hydrogen (secondary N) is 2. The number of β-lactam (4-membered cyclic amide) rings is 1. The molecule has 2 aliphatic heterocycles. The molecular formula is C21H19N9O5S3. The molecule has 0 radical (unpaired) electrons. The van der Waals surface area contributed by atoms with E-state index in [-0.39, 0.29) is 33.9 Å². The lowest BCUT2D eigenvalue weighted by atomic mass is 9.91. The van der Waals surface area contributed by atoms with Crippen LogP contribution in [0.4, 0.5) is 5.13 Å². The molecule has 2 aromatic heterocycles. The van der Waals surface area contributed by atoms with Crippen LogP contribution in [0.1, 0.15) is 22.9 Å². The molecule has 4 heterocycles. The molecule has 1 saturated heterocycles. The number of thiazole rings is 1. The molecule has 1 aromatic carbocycles. The highest BCUT2D eigenvalue weighted by molar-refractivity contribution is 8.01. The molecule has 2 aliphatic rings. The van der Waals surface area contributed by atoms with Crippen LogP contribution in [0.2, 0.25) is 0 Å². The van der Waals surface area contributed by atoms with Crippen molar-refractivity contribution in [2.24, 2.45) is 5.16 Å². The van der Waals surface area contributed by atoms with Crippen LogP contribution >= 0.6 is 34.9 Å². The van der Waals surface area contributed by atoms with Gasteiger partial charge in [0.2, 0.25) is 11.1 Å². The molecule has 3 atom stereocenters. The molecule has 0 spiro atoms. The number of aliphatic carboxylic acids is 1. The Kier molecular flexibility index (Phi) is 7.04. The highest BCUT2D eigenvalue weighted by atomic mass is 32.2. The van der Waals surface area contributed by atoms with Crippen molar-refractivity contribution in [1.29, 1.82) is 0 Å². The van der Waals surface area contributed by atoms with Crippen LogP contribution in [0.25, 0.3) is 0 Å². The first-order chi connectivity index (χ1) is 18.3. The van der Waals surface area contributed by atoms with Gasteiger partial charge in [0.05, 0.1) is 22.7 Å². The van der Waals surface area contributed by atoms with Gasteiger partial charge in [0.15, 0.2) is 10.0 Å². The van der Waals surface area contributed by atoms with Crippen LogP contribution in [0.5, 0.6) is 0 Å². The number of fused-ring (bicyclic) bond motifs is 1. The van der Waals surface area contributed by atoms with Gasteiger partial charge in [-0.15, -0.1) is 21.5 Å². The molecule has 5 rings (SSSR count). The number of carboxylic acid groups (broad SMARTS) is 1. The van der Waals surface area contributed by atoms with E-state index in [1.54, 1.807) is 29.6 Å². The summed E-state index contributed by atoms with van der Waals surface area (Å²) in [7, 11) is 1.29. The zero-order valence-corrected chi connectivity index (χ0v) is 21.9. The summed E-state index contributed by atoms with van der Waals surface area (Å²) in [5.41, 5.74) is 6.85. The van der Waals surface area contributed by atoms with Crippen LogP contribution in [-0.2, 0) is 24.1 Å². The van der Waals surface area contributed by atoms with Gasteiger partial charge in [0.1, 0.15) is 19.0 Å². The Labute approximate surface area is 227 Å². The Balaban J connectivity index is 1.81. The SMILES string of the molecule is CON=CC(=O)NC1(c2csc(N)n2)S[C@H]2CC(=O)N2C(C(=O)O)=C1C(Sc1nn[nH]n1)c1ccccc1. The molecule has 14 nitrogen and oxygen atoms in total. The number of anilines is 1. The zero-order chi connectivity index (χ0) is 26.9. The molecule has 38 heavy (non-hydrogen) atoms. The van der Waals surface area contributed by atoms with Crippen molar-refractivity contribution in [3.05, 3.63) is 58.2 Å². The number of hydrogen-bond acceptors (Lipinski definition) is 13. The minimum atomic E-state index is -1.57. The second-order valence-corrected chi connectivity index (χ2v) is 11.2. The molecule has 2 amide bonds. The fourth-order valence-corrected chi connectivity index (χ4v) is 7.73. The maximum atomic E-state index is 13.1. The van der Waals surface area contributed by atoms with Gasteiger partial charge in [-0.05, 0) is 10.8 Å². The summed E-state index contributed by atoms with van der Waals surface area (Å²) in [5, 5.41) is 31.7. The number of benzene rings is 1. The van der Waals surface area contributed by atoms with Crippen molar-refractivity contribution in [2.75, 3.05) is 12.8 Å². The normalized spacial score (nSPS) is 21.7. The number of nitrogens with two attached hydrogens (primary N) is 1. The highest BCUT2D eigenvalue weighted by Gasteiger charge is 2.59. The smallest absolute Gasteiger partial charge is 0.352 e. The Bertz CT molecular complexity index is 1430. The van der Waals surface area contributed by atoms with Gasteiger partial charge in [0.25, 0.3) is 5.91 Å². The number of H-pyrrole nitrogens is 1. The number of rotatable bonds is 9. The Morgan fingerprint density at radius 3 is 2.82 bits per heavy atom. The fraction of sp³-hybridized carbons (Fsp3) is 0.238. The van der Waals surface area contributed by atoms with Gasteiger partial charge in [-0.3, -0.25) is 14.5 Å². The Morgan fingerprint density at radius 2 is 2.21 bits per heavy atom. The molecule has 1 fully saturated rings. The number of carboxylic acids is 1. The summed E-state index contributed by atoms with van der Waals surface area (Å²) in [4.78, 5) is 47.5. The first-order valence-corrected chi connectivity index (χ1v) is 13.5. The van der Waals surface area contributed by atoms with E-state index in [0.29, 0.717) is 11.3 Å². The van der Waals surface area contributed by atoms with Crippen molar-refractivity contribution in [3.8, 4) is 0 Å². The van der Waals surface area contributed by atoms with Gasteiger partial charge < -0.3 is 21.0 Å². The number of carbonyl (C=O) groups excluding carboxylic acids is 2. The zero-order valence-electron chi connectivity index (χ0n) is 19.5. The average molecular weight is 574 g/mol. The summed E-state index contributed by atoms with van der Waals surface area (Å²) in [6.07, 6.45) is 1.00. The first-order valence-electron chi connectivity index (χ1n) is 10.9. The van der Waals surface area contributed by atoms with E-state index in [1.807, 2.05) is 6.07 Å². The lowest BCUT2D eigenvalue weighted by Crippen LogP contribution is -2.61. The van der Waals surface area contributed by atoms with Crippen molar-refractivity contribution in [2.45, 2.75) is 27.1 Å². The molecule has 0 aliphatic carbocycles. The number of oxime groups is 1. The lowest BCUT2D eigenvalue weighted by molar-refractivity contribution is -0.146. The number of carbonyl (C=O) groups is 3. The van der Waals surface area contributed by atoms with E-state index in [4.69, 9.17) is 5.73 Å². The van der Waals surface area contributed by atoms with Crippen LogP contribution in [0.15, 0.2) is 57.3 Å². The summed E-state index contributed by atoms with van der Waals surface area (Å²) >= 11 is 3.42. The Morgan fingerprint density at radius 1 is 1.42 bits per heavy atom. The first kappa shape index (κ1) is 25.7. The second-order valence-electron chi connectivity index (χ2n) is 7.87. The van der Waals surface area contributed by atoms with Crippen LogP contribution in [0.3, 0.4) is 0 Å². The quantitative estimate of drug-likeness (QED) is 0.124. The predicted octanol–water partition coefficient (Wildman–Crippen LogP) is 1.32. The largest absolute Gasteiger partial charge is 0.477 e. The van der Waals surface area contributed by atoms with Crippen LogP contribution in [-0.4, -0.2) is 72.1 Å². The van der Waals surface area contributed by atoms with Gasteiger partial charge in [-0.2, -0.15) is 5.21 Å². The van der Waals surface area contributed by atoms with Gasteiger partial charge in [0, 0.05) is 11.0 Å². The van der Waals surface area contributed by atoms with Crippen molar-refractivity contribution in [3.63, 3.8) is 0 Å². The highest BCUT2D eigenvalue weighted by Crippen LogP contribution is 2.60. The number of aromatic nitrogens is 5. The number of nitrogen functional groups attached to an aromatic ring is 1. The summed E-state index contributed by atoms with van der Waals surface area (Å²) in [5.74, 6) is -2.38. The van der Waals surface area contributed by atoms with E-state index in [9.17, 15) is 19.5 Å². The summed E-state index contributed by atoms with van der Waals surface area (Å²) in [6.45, 7) is 0. The standard InChI is InChI=1S/C21H19N9O5S3/c1-35-23-8-12(31)25-21(11-9-36-19(22)24-11)15(16(18(33)34)30-13(32)7-14(30)38-21)17(10-5-3-2-4-6-10)37-20-26-28-29-27-20/h2-6,8-9,14,17H,7H2,1H3,(H2,22,24)(H,25,31)(H,33,34)(H,26,27,28,29)/t14-,17?,21?/m0/s1. The van der Waals surface area contributed by atoms with E-state index < -0.39 is 27.4 Å². The molecule has 0 saturated carbocycles. The predicted molar refractivity (Wildman–Crippen MR) is 139 cm³/mol. The number of amides is 2. The van der Waals surface area contributed by atoms with E-state index >= 15 is 0 Å². The maximum Gasteiger partial charge on any atom is 0.352 e. The van der Waals surface area contributed by atoms with Gasteiger partial charge in [-0.25, -0.2) is 9.78 Å². The lowest BCUT2D eigenvalue weighted by Gasteiger charge is -2.52. The van der Waals surface area contributed by atoms with Crippen molar-refractivity contribution in [1.82, 2.24) is 35.8 Å². The number of hydrogen-bond donors (Lipinski definition) is 4. The molecule has 196 valence electrons. The van der Waals surface area contributed by atoms with E-state index in [1.165, 1.54) is 23.8 Å². The maximum absolute atomic E-state index is 13.1. The second kappa shape index (κ2) is 10.4. The minimum absolute atomic E-state index is 0.0755. The molecule has 0 bridgehead atoms. The van der Waals surface area contributed by atoms with E-state index in [0.717, 1.165) is 29.3 Å². The topological polar surface area (TPSA) is 202 Å². The number of nitrogens with zero attached hydrogens (tertiary/aromatic N) is 6. The molecular weight excluding hydrogens is 554 g/mol. The Hall–Kier alpha value is -3.96. The molecule has 5 N–H and O–H groups in total. The monoisotopic (exact) mass is 573 g/mol. The van der Waals surface area contributed by atoms with E-state index in [2.05, 4.69) is 40.9 Å². The minimum Gasteiger partial charge on any atom is -0.477 e. The fourth-order valence-electron chi connectivity index (χ4n) is 4.19. The van der Waals surface area contributed by atoms with Gasteiger partial charge in [-0.1, -0.05) is 59.0 Å². The van der Waals surface area contributed by atoms with Gasteiger partial charge >= 0.3 is 5.97 Å². The number of aromatic amines is 1. The third-order valence-electron chi connectivity index (χ3n) is 5.67. The third kappa shape index (κ3) is 4.59. The summed E-state index contributed by atoms with van der Waals surface area (Å²) < 4.78 is 0. The van der Waals surface area contributed by atoms with Crippen molar-refractivity contribution < 1.29 is 24.3 Å². The van der Waals surface area contributed by atoms with Crippen LogP contribution < -0.4 is 11.1 Å². The number of thioether (sulfide) groups is 2. The van der Waals surface area contributed by atoms with Crippen LogP contribution in [0, 0.1) is 0 Å². The summed E-state index contributed by atoms with van der Waals surface area (Å²) in [6, 6.07) is 8.99. The molecule has 3 aromatic rings.